The second-order valence-electron chi connectivity index (χ2n) is 7.51. The van der Waals surface area contributed by atoms with E-state index in [4.69, 9.17) is 9.47 Å². The number of carbonyl (C=O) groups excluding carboxylic acids is 1. The zero-order chi connectivity index (χ0) is 21.8. The van der Waals surface area contributed by atoms with Crippen molar-refractivity contribution < 1.29 is 14.3 Å². The second kappa shape index (κ2) is 8.92. The predicted molar refractivity (Wildman–Crippen MR) is 123 cm³/mol. The second-order valence-corrected chi connectivity index (χ2v) is 7.51. The molecule has 3 aromatic carbocycles. The van der Waals surface area contributed by atoms with Crippen molar-refractivity contribution in [3.63, 3.8) is 0 Å². The number of aromatic nitrogens is 1. The summed E-state index contributed by atoms with van der Waals surface area (Å²) in [6.07, 6.45) is 1.47. The Balaban J connectivity index is 1.74. The Kier molecular flexibility index (Phi) is 5.89. The fraction of sp³-hybridized carbons (Fsp3) is 0.148. The van der Waals surface area contributed by atoms with Crippen LogP contribution in [0.2, 0.25) is 0 Å². The van der Waals surface area contributed by atoms with Crippen molar-refractivity contribution in [2.75, 3.05) is 7.11 Å². The molecule has 4 heteroatoms. The lowest BCUT2D eigenvalue weighted by atomic mass is 9.96. The molecule has 31 heavy (non-hydrogen) atoms. The number of hydrogen-bond acceptors (Lipinski definition) is 3. The van der Waals surface area contributed by atoms with Crippen LogP contribution in [0.1, 0.15) is 16.8 Å². The summed E-state index contributed by atoms with van der Waals surface area (Å²) in [5, 5.41) is 0. The van der Waals surface area contributed by atoms with E-state index >= 15 is 0 Å². The Bertz CT molecular complexity index is 1170. The van der Waals surface area contributed by atoms with Crippen LogP contribution in [0, 0.1) is 13.8 Å². The maximum Gasteiger partial charge on any atom is 0.418 e. The molecular formula is C27H25NO3. The van der Waals surface area contributed by atoms with E-state index in [1.807, 2.05) is 67.7 Å². The number of methoxy groups -OCH3 is 1. The molecule has 4 nitrogen and oxygen atoms in total. The maximum atomic E-state index is 12.9. The minimum Gasteiger partial charge on any atom is -0.497 e. The number of carbonyl (C=O) groups is 1. The van der Waals surface area contributed by atoms with Gasteiger partial charge in [-0.05, 0) is 42.7 Å². The molecule has 4 rings (SSSR count). The summed E-state index contributed by atoms with van der Waals surface area (Å²) in [5.41, 5.74) is 7.04. The third-order valence-corrected chi connectivity index (χ3v) is 5.39. The van der Waals surface area contributed by atoms with E-state index < -0.39 is 6.09 Å². The molecule has 0 spiro atoms. The van der Waals surface area contributed by atoms with Crippen LogP contribution in [0.4, 0.5) is 4.79 Å². The van der Waals surface area contributed by atoms with Crippen LogP contribution in [-0.2, 0) is 11.3 Å². The highest BCUT2D eigenvalue weighted by atomic mass is 16.5. The van der Waals surface area contributed by atoms with Gasteiger partial charge in [0.25, 0.3) is 0 Å². The topological polar surface area (TPSA) is 40.5 Å². The van der Waals surface area contributed by atoms with Crippen LogP contribution in [0.15, 0.2) is 85.1 Å². The van der Waals surface area contributed by atoms with Crippen molar-refractivity contribution in [3.8, 4) is 28.0 Å². The molecule has 0 saturated carbocycles. The summed E-state index contributed by atoms with van der Waals surface area (Å²) in [6.45, 7) is 4.24. The van der Waals surface area contributed by atoms with Crippen LogP contribution < -0.4 is 4.74 Å². The molecule has 0 aliphatic carbocycles. The molecule has 4 aromatic rings. The summed E-state index contributed by atoms with van der Waals surface area (Å²) in [7, 11) is 1.65. The fourth-order valence-electron chi connectivity index (χ4n) is 3.66. The van der Waals surface area contributed by atoms with Crippen molar-refractivity contribution in [1.82, 2.24) is 4.57 Å². The molecular weight excluding hydrogens is 386 g/mol. The summed E-state index contributed by atoms with van der Waals surface area (Å²) in [6, 6.07) is 25.9. The standard InChI is InChI=1S/C27H25NO3/c1-19-9-11-23(12-10-19)26-20(2)28(27(29)31-18-21-7-5-4-6-8-21)17-25(26)22-13-15-24(30-3)16-14-22/h4-17H,18H2,1-3H3. The van der Waals surface area contributed by atoms with E-state index in [9.17, 15) is 4.79 Å². The van der Waals surface area contributed by atoms with Gasteiger partial charge in [0, 0.05) is 23.0 Å². The van der Waals surface area contributed by atoms with Gasteiger partial charge >= 0.3 is 6.09 Å². The predicted octanol–water partition coefficient (Wildman–Crippen LogP) is 6.63. The molecule has 0 saturated heterocycles. The van der Waals surface area contributed by atoms with E-state index in [1.54, 1.807) is 11.7 Å². The summed E-state index contributed by atoms with van der Waals surface area (Å²) in [4.78, 5) is 12.9. The first-order valence-corrected chi connectivity index (χ1v) is 10.2. The normalized spacial score (nSPS) is 10.7. The quantitative estimate of drug-likeness (QED) is 0.370. The number of benzene rings is 3. The highest BCUT2D eigenvalue weighted by molar-refractivity contribution is 5.89. The molecule has 0 N–H and O–H groups in total. The Morgan fingerprint density at radius 1 is 0.839 bits per heavy atom. The number of hydrogen-bond donors (Lipinski definition) is 0. The van der Waals surface area contributed by atoms with Gasteiger partial charge in [0.2, 0.25) is 0 Å². The van der Waals surface area contributed by atoms with Gasteiger partial charge in [-0.1, -0.05) is 72.3 Å². The fourth-order valence-corrected chi connectivity index (χ4v) is 3.66. The highest BCUT2D eigenvalue weighted by Crippen LogP contribution is 2.37. The summed E-state index contributed by atoms with van der Waals surface area (Å²) in [5.74, 6) is 0.791. The van der Waals surface area contributed by atoms with Crippen molar-refractivity contribution in [3.05, 3.63) is 102 Å². The van der Waals surface area contributed by atoms with E-state index in [0.717, 1.165) is 39.3 Å². The van der Waals surface area contributed by atoms with Crippen LogP contribution in [0.5, 0.6) is 5.75 Å². The van der Waals surface area contributed by atoms with Gasteiger partial charge in [0.05, 0.1) is 7.11 Å². The smallest absolute Gasteiger partial charge is 0.418 e. The molecule has 0 aliphatic rings. The van der Waals surface area contributed by atoms with Crippen LogP contribution >= 0.6 is 0 Å². The Morgan fingerprint density at radius 2 is 1.48 bits per heavy atom. The number of ether oxygens (including phenoxy) is 2. The SMILES string of the molecule is COc1ccc(-c2cn(C(=O)OCc3ccccc3)c(C)c2-c2ccc(C)cc2)cc1. The van der Waals surface area contributed by atoms with Gasteiger partial charge in [0.1, 0.15) is 12.4 Å². The van der Waals surface area contributed by atoms with Crippen molar-refractivity contribution in [1.29, 1.82) is 0 Å². The minimum absolute atomic E-state index is 0.231. The minimum atomic E-state index is -0.394. The molecule has 0 amide bonds. The summed E-state index contributed by atoms with van der Waals surface area (Å²) >= 11 is 0. The molecule has 0 atom stereocenters. The first-order chi connectivity index (χ1) is 15.1. The lowest BCUT2D eigenvalue weighted by Gasteiger charge is -2.09. The van der Waals surface area contributed by atoms with Gasteiger partial charge in [-0.2, -0.15) is 0 Å². The number of rotatable bonds is 5. The Labute approximate surface area is 182 Å². The van der Waals surface area contributed by atoms with E-state index in [0.29, 0.717) is 0 Å². The van der Waals surface area contributed by atoms with Gasteiger partial charge < -0.3 is 9.47 Å². The van der Waals surface area contributed by atoms with Crippen LogP contribution in [0.25, 0.3) is 22.3 Å². The third kappa shape index (κ3) is 4.38. The van der Waals surface area contributed by atoms with Gasteiger partial charge in [-0.25, -0.2) is 4.79 Å². The third-order valence-electron chi connectivity index (χ3n) is 5.39. The monoisotopic (exact) mass is 411 g/mol. The lowest BCUT2D eigenvalue weighted by molar-refractivity contribution is 0.141. The molecule has 1 heterocycles. The largest absolute Gasteiger partial charge is 0.497 e. The first kappa shape index (κ1) is 20.5. The zero-order valence-corrected chi connectivity index (χ0v) is 18.0. The molecule has 156 valence electrons. The van der Waals surface area contributed by atoms with Crippen molar-refractivity contribution in [2.45, 2.75) is 20.5 Å². The summed E-state index contributed by atoms with van der Waals surface area (Å²) < 4.78 is 12.5. The molecule has 0 radical (unpaired) electrons. The average molecular weight is 412 g/mol. The number of aryl methyl sites for hydroxylation is 1. The van der Waals surface area contributed by atoms with Crippen molar-refractivity contribution >= 4 is 6.09 Å². The van der Waals surface area contributed by atoms with Gasteiger partial charge in [0.15, 0.2) is 0 Å². The maximum absolute atomic E-state index is 12.9. The number of nitrogens with zero attached hydrogens (tertiary/aromatic N) is 1. The lowest BCUT2D eigenvalue weighted by Crippen LogP contribution is -2.14. The molecule has 0 fully saturated rings. The molecule has 0 unspecified atom stereocenters. The molecule has 1 aromatic heterocycles. The highest BCUT2D eigenvalue weighted by Gasteiger charge is 2.20. The van der Waals surface area contributed by atoms with Crippen molar-refractivity contribution in [2.24, 2.45) is 0 Å². The molecule has 0 aliphatic heterocycles. The Morgan fingerprint density at radius 3 is 2.13 bits per heavy atom. The van der Waals surface area contributed by atoms with Crippen LogP contribution in [0.3, 0.4) is 0 Å². The average Bonchev–Trinajstić information content (AvgIpc) is 3.16. The van der Waals surface area contributed by atoms with E-state index in [-0.39, 0.29) is 6.61 Å². The van der Waals surface area contributed by atoms with E-state index in [1.165, 1.54) is 5.56 Å². The van der Waals surface area contributed by atoms with Gasteiger partial charge in [-0.15, -0.1) is 0 Å². The molecule has 0 bridgehead atoms. The first-order valence-electron chi connectivity index (χ1n) is 10.2. The van der Waals surface area contributed by atoms with E-state index in [2.05, 4.69) is 31.2 Å². The Hall–Kier alpha value is -3.79. The van der Waals surface area contributed by atoms with Crippen LogP contribution in [-0.4, -0.2) is 17.8 Å². The van der Waals surface area contributed by atoms with Gasteiger partial charge in [-0.3, -0.25) is 4.57 Å². The zero-order valence-electron chi connectivity index (χ0n) is 18.0.